The summed E-state index contributed by atoms with van der Waals surface area (Å²) < 4.78 is 34.7. The SMILES string of the molecule is CC(C)OC(=O)C1(Cl)OC1[C@H]1O[C@H](OCc2ccccc2)[C@H]2OC(C)(C)O[C@H]21. The lowest BCUT2D eigenvalue weighted by Crippen LogP contribution is -2.38. The first-order valence-electron chi connectivity index (χ1n) is 9.44. The molecule has 6 atom stereocenters. The number of hydrogen-bond acceptors (Lipinski definition) is 7. The van der Waals surface area contributed by atoms with Crippen LogP contribution in [0, 0.1) is 0 Å². The van der Waals surface area contributed by atoms with Crippen molar-refractivity contribution in [1.29, 1.82) is 0 Å². The van der Waals surface area contributed by atoms with E-state index in [4.69, 9.17) is 40.0 Å². The second kappa shape index (κ2) is 7.23. The Morgan fingerprint density at radius 3 is 2.46 bits per heavy atom. The summed E-state index contributed by atoms with van der Waals surface area (Å²) in [6.07, 6.45) is -3.18. The average Bonchev–Trinajstić information content (AvgIpc) is 3.07. The van der Waals surface area contributed by atoms with Gasteiger partial charge in [-0.3, -0.25) is 0 Å². The second-order valence-electron chi connectivity index (χ2n) is 7.97. The summed E-state index contributed by atoms with van der Waals surface area (Å²) in [5.74, 6) is -1.42. The standard InChI is InChI=1S/C20H25ClO7/c1-11(2)24-18(22)20(21)16(28-20)14-13-15(27-19(3,4)26-13)17(25-14)23-10-12-8-6-5-7-9-12/h5-9,11,13-17H,10H2,1-4H3/t13-,14-,15-,16?,17-,20?/m0/s1. The quantitative estimate of drug-likeness (QED) is 0.404. The zero-order chi connectivity index (χ0) is 20.1. The molecule has 0 amide bonds. The Kier molecular flexibility index (Phi) is 5.18. The lowest BCUT2D eigenvalue weighted by Gasteiger charge is -2.24. The Labute approximate surface area is 169 Å². The largest absolute Gasteiger partial charge is 0.460 e. The number of carbonyl (C=O) groups excluding carboxylic acids is 1. The van der Waals surface area contributed by atoms with Crippen molar-refractivity contribution in [3.8, 4) is 0 Å². The van der Waals surface area contributed by atoms with Gasteiger partial charge in [0.1, 0.15) is 24.4 Å². The van der Waals surface area contributed by atoms with Crippen molar-refractivity contribution in [2.75, 3.05) is 0 Å². The Morgan fingerprint density at radius 1 is 1.11 bits per heavy atom. The van der Waals surface area contributed by atoms with Gasteiger partial charge in [-0.15, -0.1) is 0 Å². The van der Waals surface area contributed by atoms with Crippen molar-refractivity contribution in [2.24, 2.45) is 0 Å². The summed E-state index contributed by atoms with van der Waals surface area (Å²) in [5, 5.41) is -1.57. The normalized spacial score (nSPS) is 38.4. The van der Waals surface area contributed by atoms with E-state index in [1.54, 1.807) is 13.8 Å². The van der Waals surface area contributed by atoms with E-state index in [-0.39, 0.29) is 6.10 Å². The van der Waals surface area contributed by atoms with E-state index in [1.165, 1.54) is 0 Å². The number of fused-ring (bicyclic) bond motifs is 1. The van der Waals surface area contributed by atoms with Crippen molar-refractivity contribution < 1.29 is 33.2 Å². The molecule has 0 bridgehead atoms. The van der Waals surface area contributed by atoms with Crippen molar-refractivity contribution in [3.05, 3.63) is 35.9 Å². The Hall–Kier alpha value is -1.22. The molecule has 0 radical (unpaired) electrons. The minimum Gasteiger partial charge on any atom is -0.460 e. The zero-order valence-corrected chi connectivity index (χ0v) is 17.0. The summed E-state index contributed by atoms with van der Waals surface area (Å²) in [5.41, 5.74) is 1.01. The summed E-state index contributed by atoms with van der Waals surface area (Å²) in [7, 11) is 0. The molecular weight excluding hydrogens is 388 g/mol. The minimum atomic E-state index is -1.57. The Balaban J connectivity index is 1.46. The molecule has 0 N–H and O–H groups in total. The van der Waals surface area contributed by atoms with Crippen LogP contribution < -0.4 is 0 Å². The highest BCUT2D eigenvalue weighted by Crippen LogP contribution is 2.51. The number of esters is 1. The van der Waals surface area contributed by atoms with E-state index < -0.39 is 47.5 Å². The van der Waals surface area contributed by atoms with E-state index in [2.05, 4.69) is 0 Å². The molecule has 154 valence electrons. The van der Waals surface area contributed by atoms with E-state index in [0.717, 1.165) is 5.56 Å². The molecule has 2 unspecified atom stereocenters. The summed E-state index contributed by atoms with van der Waals surface area (Å²) in [4.78, 5) is 12.3. The third-order valence-electron chi connectivity index (χ3n) is 4.83. The highest BCUT2D eigenvalue weighted by Gasteiger charge is 2.72. The van der Waals surface area contributed by atoms with Crippen molar-refractivity contribution >= 4 is 17.6 Å². The van der Waals surface area contributed by atoms with Crippen LogP contribution in [0.5, 0.6) is 0 Å². The molecule has 8 heteroatoms. The summed E-state index contributed by atoms with van der Waals surface area (Å²) in [6, 6.07) is 9.76. The fourth-order valence-electron chi connectivity index (χ4n) is 3.61. The molecule has 0 aromatic heterocycles. The molecule has 0 spiro atoms. The van der Waals surface area contributed by atoms with Gasteiger partial charge in [-0.2, -0.15) is 0 Å². The van der Waals surface area contributed by atoms with E-state index in [9.17, 15) is 4.79 Å². The van der Waals surface area contributed by atoms with Gasteiger partial charge in [0.2, 0.25) is 0 Å². The van der Waals surface area contributed by atoms with Gasteiger partial charge < -0.3 is 28.4 Å². The molecule has 1 aromatic carbocycles. The molecule has 3 fully saturated rings. The molecule has 1 aromatic rings. The van der Waals surface area contributed by atoms with Crippen molar-refractivity contribution in [1.82, 2.24) is 0 Å². The topological polar surface area (TPSA) is 75.8 Å². The molecular formula is C20H25ClO7. The Morgan fingerprint density at radius 2 is 1.79 bits per heavy atom. The smallest absolute Gasteiger partial charge is 0.357 e. The van der Waals surface area contributed by atoms with Gasteiger partial charge in [0, 0.05) is 0 Å². The number of halogens is 1. The average molecular weight is 413 g/mol. The van der Waals surface area contributed by atoms with Crippen LogP contribution in [0.4, 0.5) is 0 Å². The van der Waals surface area contributed by atoms with Gasteiger partial charge >= 0.3 is 5.97 Å². The van der Waals surface area contributed by atoms with Gasteiger partial charge in [0.05, 0.1) is 12.7 Å². The molecule has 3 aliphatic heterocycles. The van der Waals surface area contributed by atoms with E-state index in [1.807, 2.05) is 44.2 Å². The van der Waals surface area contributed by atoms with Crippen LogP contribution in [0.15, 0.2) is 30.3 Å². The molecule has 3 saturated heterocycles. The number of rotatable bonds is 6. The van der Waals surface area contributed by atoms with Gasteiger partial charge in [0.15, 0.2) is 12.1 Å². The fourth-order valence-corrected chi connectivity index (χ4v) is 3.87. The number of ether oxygens (including phenoxy) is 6. The molecule has 0 saturated carbocycles. The molecule has 0 aliphatic carbocycles. The lowest BCUT2D eigenvalue weighted by atomic mass is 10.1. The lowest BCUT2D eigenvalue weighted by molar-refractivity contribution is -0.238. The number of epoxide rings is 1. The highest BCUT2D eigenvalue weighted by atomic mass is 35.5. The van der Waals surface area contributed by atoms with Crippen molar-refractivity contribution in [3.63, 3.8) is 0 Å². The molecule has 4 rings (SSSR count). The van der Waals surface area contributed by atoms with Crippen LogP contribution in [0.2, 0.25) is 0 Å². The maximum absolute atomic E-state index is 12.3. The first kappa shape index (κ1) is 20.1. The maximum Gasteiger partial charge on any atom is 0.357 e. The molecule has 7 nitrogen and oxygen atoms in total. The first-order valence-corrected chi connectivity index (χ1v) is 9.82. The third-order valence-corrected chi connectivity index (χ3v) is 5.29. The molecule has 3 heterocycles. The number of carbonyl (C=O) groups is 1. The predicted octanol–water partition coefficient (Wildman–Crippen LogP) is 2.73. The third kappa shape index (κ3) is 3.79. The molecule has 28 heavy (non-hydrogen) atoms. The van der Waals surface area contributed by atoms with Crippen LogP contribution in [0.25, 0.3) is 0 Å². The van der Waals surface area contributed by atoms with Gasteiger partial charge in [-0.05, 0) is 33.3 Å². The van der Waals surface area contributed by atoms with Gasteiger partial charge in [-0.1, -0.05) is 41.9 Å². The van der Waals surface area contributed by atoms with Crippen LogP contribution in [0.3, 0.4) is 0 Å². The fraction of sp³-hybridized carbons (Fsp3) is 0.650. The van der Waals surface area contributed by atoms with Crippen LogP contribution in [0.1, 0.15) is 33.3 Å². The number of hydrogen-bond donors (Lipinski definition) is 0. The van der Waals surface area contributed by atoms with Crippen LogP contribution >= 0.6 is 11.6 Å². The number of alkyl halides is 1. The zero-order valence-electron chi connectivity index (χ0n) is 16.3. The minimum absolute atomic E-state index is 0.294. The van der Waals surface area contributed by atoms with Gasteiger partial charge in [0.25, 0.3) is 5.06 Å². The van der Waals surface area contributed by atoms with E-state index in [0.29, 0.717) is 6.61 Å². The summed E-state index contributed by atoms with van der Waals surface area (Å²) in [6.45, 7) is 7.51. The predicted molar refractivity (Wildman–Crippen MR) is 98.4 cm³/mol. The van der Waals surface area contributed by atoms with Crippen molar-refractivity contribution in [2.45, 2.75) is 82.0 Å². The van der Waals surface area contributed by atoms with Crippen LogP contribution in [-0.4, -0.2) is 53.6 Å². The van der Waals surface area contributed by atoms with Crippen LogP contribution in [-0.2, 0) is 39.8 Å². The van der Waals surface area contributed by atoms with E-state index >= 15 is 0 Å². The van der Waals surface area contributed by atoms with Gasteiger partial charge in [-0.25, -0.2) is 4.79 Å². The highest BCUT2D eigenvalue weighted by molar-refractivity contribution is 6.35. The molecule has 3 aliphatic rings. The number of benzene rings is 1. The maximum atomic E-state index is 12.3. The summed E-state index contributed by atoms with van der Waals surface area (Å²) >= 11 is 6.35. The first-order chi connectivity index (χ1) is 13.2. The monoisotopic (exact) mass is 412 g/mol. The second-order valence-corrected chi connectivity index (χ2v) is 8.53. The Bertz CT molecular complexity index is 725.